The molecule has 0 unspecified atom stereocenters. The van der Waals surface area contributed by atoms with Crippen LogP contribution in [-0.2, 0) is 0 Å². The van der Waals surface area contributed by atoms with Crippen molar-refractivity contribution in [1.29, 1.82) is 0 Å². The molecule has 0 atom stereocenters. The van der Waals surface area contributed by atoms with Crippen LogP contribution in [0.25, 0.3) is 0 Å². The van der Waals surface area contributed by atoms with Gasteiger partial charge in [0.2, 0.25) is 0 Å². The normalized spacial score (nSPS) is 10.2. The summed E-state index contributed by atoms with van der Waals surface area (Å²) in [6, 6.07) is 20.2. The molecule has 22 heavy (non-hydrogen) atoms. The molecule has 0 aliphatic carbocycles. The number of ketones is 1. The molecule has 0 aliphatic heterocycles. The van der Waals surface area contributed by atoms with Crippen LogP contribution in [0.3, 0.4) is 0 Å². The van der Waals surface area contributed by atoms with E-state index in [-0.39, 0.29) is 5.78 Å². The van der Waals surface area contributed by atoms with Crippen molar-refractivity contribution in [3.8, 4) is 11.5 Å². The third-order valence-electron chi connectivity index (χ3n) is 3.23. The van der Waals surface area contributed by atoms with Crippen LogP contribution in [0.1, 0.15) is 21.6 Å². The molecule has 0 radical (unpaired) electrons. The zero-order chi connectivity index (χ0) is 15.4. The summed E-state index contributed by atoms with van der Waals surface area (Å²) in [5.41, 5.74) is 2.05. The van der Waals surface area contributed by atoms with Gasteiger partial charge in [-0.05, 0) is 43.3 Å². The molecule has 3 rings (SSSR count). The molecule has 2 aromatic carbocycles. The highest BCUT2D eigenvalue weighted by Crippen LogP contribution is 2.23. The Bertz CT molecular complexity index is 797. The van der Waals surface area contributed by atoms with Gasteiger partial charge >= 0.3 is 0 Å². The van der Waals surface area contributed by atoms with Gasteiger partial charge in [0.1, 0.15) is 11.5 Å². The van der Waals surface area contributed by atoms with Crippen molar-refractivity contribution >= 4 is 5.78 Å². The van der Waals surface area contributed by atoms with Gasteiger partial charge in [-0.15, -0.1) is 0 Å². The van der Waals surface area contributed by atoms with Crippen LogP contribution >= 0.6 is 0 Å². The van der Waals surface area contributed by atoms with E-state index in [1.807, 2.05) is 49.4 Å². The molecule has 3 heteroatoms. The number of hydrogen-bond acceptors (Lipinski definition) is 3. The molecule has 0 N–H and O–H groups in total. The van der Waals surface area contributed by atoms with Crippen molar-refractivity contribution in [2.75, 3.05) is 0 Å². The summed E-state index contributed by atoms with van der Waals surface area (Å²) in [6.07, 6.45) is 1.65. The molecule has 0 saturated carbocycles. The number of nitrogens with zero attached hydrogens (tertiary/aromatic N) is 1. The summed E-state index contributed by atoms with van der Waals surface area (Å²) in [4.78, 5) is 16.6. The van der Waals surface area contributed by atoms with Crippen LogP contribution in [0.5, 0.6) is 11.5 Å². The van der Waals surface area contributed by atoms with E-state index in [1.54, 1.807) is 30.5 Å². The number of carbonyl (C=O) groups excluding carboxylic acids is 1. The fraction of sp³-hybridized carbons (Fsp3) is 0.0526. The van der Waals surface area contributed by atoms with Gasteiger partial charge in [-0.2, -0.15) is 0 Å². The van der Waals surface area contributed by atoms with Gasteiger partial charge in [0, 0.05) is 23.0 Å². The largest absolute Gasteiger partial charge is 0.457 e. The molecule has 3 aromatic rings. The number of aromatic nitrogens is 1. The summed E-state index contributed by atoms with van der Waals surface area (Å²) >= 11 is 0. The maximum atomic E-state index is 12.5. The standard InChI is InChI=1S/C19H15NO2/c1-14-12-16(10-11-20-14)19(21)15-6-5-9-18(13-15)22-17-7-3-2-4-8-17/h2-13H,1H3. The summed E-state index contributed by atoms with van der Waals surface area (Å²) in [7, 11) is 0. The summed E-state index contributed by atoms with van der Waals surface area (Å²) in [5.74, 6) is 1.35. The van der Waals surface area contributed by atoms with Gasteiger partial charge in [0.05, 0.1) is 0 Å². The monoisotopic (exact) mass is 289 g/mol. The second-order valence-corrected chi connectivity index (χ2v) is 4.96. The Morgan fingerprint density at radius 1 is 0.864 bits per heavy atom. The Kier molecular flexibility index (Phi) is 3.97. The molecule has 1 heterocycles. The number of aryl methyl sites for hydroxylation is 1. The number of benzene rings is 2. The number of rotatable bonds is 4. The smallest absolute Gasteiger partial charge is 0.193 e. The third-order valence-corrected chi connectivity index (χ3v) is 3.23. The van der Waals surface area contributed by atoms with Crippen LogP contribution in [0.2, 0.25) is 0 Å². The molecule has 0 saturated heterocycles. The predicted octanol–water partition coefficient (Wildman–Crippen LogP) is 4.41. The van der Waals surface area contributed by atoms with Crippen LogP contribution in [0.15, 0.2) is 72.9 Å². The highest BCUT2D eigenvalue weighted by molar-refractivity contribution is 6.09. The molecule has 0 aliphatic rings. The van der Waals surface area contributed by atoms with E-state index >= 15 is 0 Å². The molecule has 108 valence electrons. The average Bonchev–Trinajstić information content (AvgIpc) is 2.55. The second kappa shape index (κ2) is 6.22. The molecular formula is C19H15NO2. The average molecular weight is 289 g/mol. The fourth-order valence-electron chi connectivity index (χ4n) is 2.18. The summed E-state index contributed by atoms with van der Waals surface area (Å²) in [5, 5.41) is 0. The minimum absolute atomic E-state index is 0.0380. The lowest BCUT2D eigenvalue weighted by Crippen LogP contribution is -2.02. The van der Waals surface area contributed by atoms with Crippen molar-refractivity contribution in [2.24, 2.45) is 0 Å². The van der Waals surface area contributed by atoms with Crippen LogP contribution < -0.4 is 4.74 Å². The Hall–Kier alpha value is -2.94. The Morgan fingerprint density at radius 2 is 1.59 bits per heavy atom. The maximum Gasteiger partial charge on any atom is 0.193 e. The Balaban J connectivity index is 1.86. The Morgan fingerprint density at radius 3 is 2.36 bits per heavy atom. The molecule has 0 fully saturated rings. The third kappa shape index (κ3) is 3.20. The number of pyridine rings is 1. The number of hydrogen-bond donors (Lipinski definition) is 0. The summed E-state index contributed by atoms with van der Waals surface area (Å²) in [6.45, 7) is 1.87. The fourth-order valence-corrected chi connectivity index (χ4v) is 2.18. The van der Waals surface area contributed by atoms with E-state index in [0.29, 0.717) is 16.9 Å². The Labute approximate surface area is 129 Å². The van der Waals surface area contributed by atoms with E-state index in [0.717, 1.165) is 11.4 Å². The van der Waals surface area contributed by atoms with Gasteiger partial charge in [-0.25, -0.2) is 0 Å². The molecule has 1 aromatic heterocycles. The maximum absolute atomic E-state index is 12.5. The SMILES string of the molecule is Cc1cc(C(=O)c2cccc(Oc3ccccc3)c2)ccn1. The second-order valence-electron chi connectivity index (χ2n) is 4.96. The van der Waals surface area contributed by atoms with Crippen molar-refractivity contribution in [2.45, 2.75) is 6.92 Å². The van der Waals surface area contributed by atoms with E-state index in [9.17, 15) is 4.79 Å². The van der Waals surface area contributed by atoms with Crippen molar-refractivity contribution in [1.82, 2.24) is 4.98 Å². The molecular weight excluding hydrogens is 274 g/mol. The van der Waals surface area contributed by atoms with E-state index < -0.39 is 0 Å². The van der Waals surface area contributed by atoms with Gasteiger partial charge in [-0.3, -0.25) is 9.78 Å². The highest BCUT2D eigenvalue weighted by Gasteiger charge is 2.10. The number of para-hydroxylation sites is 1. The lowest BCUT2D eigenvalue weighted by atomic mass is 10.0. The number of carbonyl (C=O) groups is 1. The van der Waals surface area contributed by atoms with E-state index in [1.165, 1.54) is 0 Å². The minimum Gasteiger partial charge on any atom is -0.457 e. The van der Waals surface area contributed by atoms with Crippen molar-refractivity contribution in [3.05, 3.63) is 89.7 Å². The van der Waals surface area contributed by atoms with Gasteiger partial charge in [-0.1, -0.05) is 30.3 Å². The topological polar surface area (TPSA) is 39.2 Å². The van der Waals surface area contributed by atoms with E-state index in [2.05, 4.69) is 4.98 Å². The predicted molar refractivity (Wildman–Crippen MR) is 85.4 cm³/mol. The lowest BCUT2D eigenvalue weighted by molar-refractivity contribution is 0.103. The van der Waals surface area contributed by atoms with Crippen LogP contribution in [0.4, 0.5) is 0 Å². The first-order valence-corrected chi connectivity index (χ1v) is 7.03. The molecule has 0 spiro atoms. The first-order valence-electron chi connectivity index (χ1n) is 7.03. The highest BCUT2D eigenvalue weighted by atomic mass is 16.5. The van der Waals surface area contributed by atoms with Crippen LogP contribution in [-0.4, -0.2) is 10.8 Å². The first-order chi connectivity index (χ1) is 10.7. The number of ether oxygens (including phenoxy) is 1. The van der Waals surface area contributed by atoms with Gasteiger partial charge < -0.3 is 4.74 Å². The zero-order valence-corrected chi connectivity index (χ0v) is 12.2. The molecule has 0 bridgehead atoms. The van der Waals surface area contributed by atoms with Crippen molar-refractivity contribution < 1.29 is 9.53 Å². The quantitative estimate of drug-likeness (QED) is 0.668. The van der Waals surface area contributed by atoms with E-state index in [4.69, 9.17) is 4.74 Å². The summed E-state index contributed by atoms with van der Waals surface area (Å²) < 4.78 is 5.76. The zero-order valence-electron chi connectivity index (χ0n) is 12.2. The van der Waals surface area contributed by atoms with Gasteiger partial charge in [0.15, 0.2) is 5.78 Å². The molecule has 3 nitrogen and oxygen atoms in total. The van der Waals surface area contributed by atoms with Crippen LogP contribution in [0, 0.1) is 6.92 Å². The lowest BCUT2D eigenvalue weighted by Gasteiger charge is -2.07. The van der Waals surface area contributed by atoms with Crippen molar-refractivity contribution in [3.63, 3.8) is 0 Å². The molecule has 0 amide bonds. The first kappa shape index (κ1) is 14.0. The minimum atomic E-state index is -0.0380. The van der Waals surface area contributed by atoms with Gasteiger partial charge in [0.25, 0.3) is 0 Å².